The highest BCUT2D eigenvalue weighted by Gasteiger charge is 2.00. The van der Waals surface area contributed by atoms with E-state index in [1.54, 1.807) is 6.07 Å². The van der Waals surface area contributed by atoms with Crippen molar-refractivity contribution in [2.45, 2.75) is 12.8 Å². The Bertz CT molecular complexity index is 263. The van der Waals surface area contributed by atoms with Gasteiger partial charge in [-0.3, -0.25) is 0 Å². The normalized spacial score (nSPS) is 10.2. The predicted octanol–water partition coefficient (Wildman–Crippen LogP) is 3.02. The van der Waals surface area contributed by atoms with Gasteiger partial charge in [-0.15, -0.1) is 0 Å². The van der Waals surface area contributed by atoms with Gasteiger partial charge in [0.15, 0.2) is 0 Å². The van der Waals surface area contributed by atoms with Crippen LogP contribution in [0.5, 0.6) is 5.75 Å². The lowest BCUT2D eigenvalue weighted by Gasteiger charge is -2.02. The van der Waals surface area contributed by atoms with Gasteiger partial charge in [-0.1, -0.05) is 22.0 Å². The highest BCUT2D eigenvalue weighted by Crippen LogP contribution is 2.23. The van der Waals surface area contributed by atoms with Crippen molar-refractivity contribution in [2.75, 3.05) is 5.75 Å². The Morgan fingerprint density at radius 3 is 2.75 bits per heavy atom. The summed E-state index contributed by atoms with van der Waals surface area (Å²) in [4.78, 5) is 0. The molecule has 0 heterocycles. The van der Waals surface area contributed by atoms with Crippen molar-refractivity contribution >= 4 is 28.6 Å². The summed E-state index contributed by atoms with van der Waals surface area (Å²) in [5.74, 6) is 1.22. The zero-order chi connectivity index (χ0) is 8.97. The molecule has 0 amide bonds. The number of hydrogen-bond donors (Lipinski definition) is 2. The third kappa shape index (κ3) is 2.72. The molecule has 0 aromatic heterocycles. The molecule has 3 heteroatoms. The van der Waals surface area contributed by atoms with Crippen molar-refractivity contribution in [3.8, 4) is 5.75 Å². The fraction of sp³-hybridized carbons (Fsp3) is 0.333. The second-order valence-corrected chi connectivity index (χ2v) is 3.96. The van der Waals surface area contributed by atoms with E-state index in [0.717, 1.165) is 28.6 Å². The summed E-state index contributed by atoms with van der Waals surface area (Å²) < 4.78 is 0.912. The number of hydrogen-bond acceptors (Lipinski definition) is 2. The molecule has 0 aliphatic heterocycles. The van der Waals surface area contributed by atoms with Crippen LogP contribution in [0.4, 0.5) is 0 Å². The Balaban J connectivity index is 2.72. The monoisotopic (exact) mass is 246 g/mol. The number of rotatable bonds is 3. The van der Waals surface area contributed by atoms with Gasteiger partial charge in [-0.25, -0.2) is 0 Å². The SMILES string of the molecule is Oc1cc(Br)ccc1CCCS. The summed E-state index contributed by atoms with van der Waals surface area (Å²) >= 11 is 7.40. The summed E-state index contributed by atoms with van der Waals surface area (Å²) in [5.41, 5.74) is 0.993. The molecule has 0 saturated carbocycles. The van der Waals surface area contributed by atoms with Crippen LogP contribution in [0.15, 0.2) is 22.7 Å². The van der Waals surface area contributed by atoms with Crippen molar-refractivity contribution < 1.29 is 5.11 Å². The Kier molecular flexibility index (Phi) is 3.95. The minimum atomic E-state index is 0.367. The molecule has 0 fully saturated rings. The second-order valence-electron chi connectivity index (χ2n) is 2.60. The molecular formula is C9H11BrOS. The highest BCUT2D eigenvalue weighted by molar-refractivity contribution is 9.10. The Hall–Kier alpha value is -0.150. The number of phenolic OH excluding ortho intramolecular Hbond substituents is 1. The summed E-state index contributed by atoms with van der Waals surface area (Å²) in [6, 6.07) is 5.59. The Morgan fingerprint density at radius 2 is 2.17 bits per heavy atom. The lowest BCUT2D eigenvalue weighted by molar-refractivity contribution is 0.467. The van der Waals surface area contributed by atoms with Gasteiger partial charge in [0.2, 0.25) is 0 Å². The fourth-order valence-corrected chi connectivity index (χ4v) is 1.53. The molecule has 1 aromatic rings. The largest absolute Gasteiger partial charge is 0.508 e. The maximum atomic E-state index is 9.46. The van der Waals surface area contributed by atoms with Crippen LogP contribution in [0, 0.1) is 0 Å². The molecule has 0 radical (unpaired) electrons. The minimum Gasteiger partial charge on any atom is -0.508 e. The van der Waals surface area contributed by atoms with Crippen molar-refractivity contribution in [3.63, 3.8) is 0 Å². The molecule has 1 nitrogen and oxygen atoms in total. The summed E-state index contributed by atoms with van der Waals surface area (Å²) in [7, 11) is 0. The summed E-state index contributed by atoms with van der Waals surface area (Å²) in [5, 5.41) is 9.46. The molecule has 0 atom stereocenters. The van der Waals surface area contributed by atoms with Crippen LogP contribution in [-0.4, -0.2) is 10.9 Å². The van der Waals surface area contributed by atoms with Crippen molar-refractivity contribution in [1.82, 2.24) is 0 Å². The molecule has 66 valence electrons. The van der Waals surface area contributed by atoms with E-state index in [2.05, 4.69) is 28.6 Å². The van der Waals surface area contributed by atoms with Crippen molar-refractivity contribution in [3.05, 3.63) is 28.2 Å². The van der Waals surface area contributed by atoms with Gasteiger partial charge in [0.1, 0.15) is 5.75 Å². The lowest BCUT2D eigenvalue weighted by Crippen LogP contribution is -1.86. The molecule has 1 aromatic carbocycles. The van der Waals surface area contributed by atoms with E-state index in [0.29, 0.717) is 5.75 Å². The molecule has 0 aliphatic rings. The minimum absolute atomic E-state index is 0.367. The molecule has 1 rings (SSSR count). The van der Waals surface area contributed by atoms with E-state index >= 15 is 0 Å². The van der Waals surface area contributed by atoms with E-state index in [-0.39, 0.29) is 0 Å². The number of benzene rings is 1. The number of aromatic hydroxyl groups is 1. The maximum Gasteiger partial charge on any atom is 0.119 e. The molecule has 1 N–H and O–H groups in total. The first-order valence-corrected chi connectivity index (χ1v) is 5.25. The van der Waals surface area contributed by atoms with Crippen molar-refractivity contribution in [2.24, 2.45) is 0 Å². The first-order valence-electron chi connectivity index (χ1n) is 3.82. The van der Waals surface area contributed by atoms with E-state index in [1.165, 1.54) is 0 Å². The smallest absolute Gasteiger partial charge is 0.119 e. The Labute approximate surface area is 86.3 Å². The summed E-state index contributed by atoms with van der Waals surface area (Å²) in [6.07, 6.45) is 1.89. The highest BCUT2D eigenvalue weighted by atomic mass is 79.9. The molecule has 0 spiro atoms. The maximum absolute atomic E-state index is 9.46. The average Bonchev–Trinajstić information content (AvgIpc) is 2.03. The third-order valence-corrected chi connectivity index (χ3v) is 2.46. The first-order chi connectivity index (χ1) is 5.74. The van der Waals surface area contributed by atoms with E-state index in [4.69, 9.17) is 0 Å². The van der Waals surface area contributed by atoms with E-state index in [9.17, 15) is 5.11 Å². The number of thiol groups is 1. The van der Waals surface area contributed by atoms with Crippen LogP contribution in [0.2, 0.25) is 0 Å². The first kappa shape index (κ1) is 9.93. The van der Waals surface area contributed by atoms with Crippen LogP contribution >= 0.6 is 28.6 Å². The van der Waals surface area contributed by atoms with Gasteiger partial charge < -0.3 is 5.11 Å². The molecular weight excluding hydrogens is 236 g/mol. The standard InChI is InChI=1S/C9H11BrOS/c10-8-4-3-7(2-1-5-12)9(11)6-8/h3-4,6,11-12H,1-2,5H2. The van der Waals surface area contributed by atoms with Gasteiger partial charge in [-0.2, -0.15) is 12.6 Å². The fourth-order valence-electron chi connectivity index (χ4n) is 1.02. The predicted molar refractivity (Wildman–Crippen MR) is 58.0 cm³/mol. The van der Waals surface area contributed by atoms with Crippen LogP contribution < -0.4 is 0 Å². The van der Waals surface area contributed by atoms with Crippen LogP contribution in [0.3, 0.4) is 0 Å². The van der Waals surface area contributed by atoms with Gasteiger partial charge in [0, 0.05) is 4.47 Å². The molecule has 0 unspecified atom stereocenters. The van der Waals surface area contributed by atoms with E-state index in [1.807, 2.05) is 12.1 Å². The zero-order valence-corrected chi connectivity index (χ0v) is 9.11. The molecule has 0 saturated heterocycles. The third-order valence-electron chi connectivity index (χ3n) is 1.65. The summed E-state index contributed by atoms with van der Waals surface area (Å²) in [6.45, 7) is 0. The average molecular weight is 247 g/mol. The molecule has 0 bridgehead atoms. The van der Waals surface area contributed by atoms with Crippen LogP contribution in [0.1, 0.15) is 12.0 Å². The molecule has 12 heavy (non-hydrogen) atoms. The Morgan fingerprint density at radius 1 is 1.42 bits per heavy atom. The lowest BCUT2D eigenvalue weighted by atomic mass is 10.1. The van der Waals surface area contributed by atoms with Gasteiger partial charge in [0.05, 0.1) is 0 Å². The van der Waals surface area contributed by atoms with Gasteiger partial charge in [0.25, 0.3) is 0 Å². The topological polar surface area (TPSA) is 20.2 Å². The number of aryl methyl sites for hydroxylation is 1. The van der Waals surface area contributed by atoms with Crippen LogP contribution in [0.25, 0.3) is 0 Å². The number of halogens is 1. The quantitative estimate of drug-likeness (QED) is 0.786. The van der Waals surface area contributed by atoms with Crippen LogP contribution in [-0.2, 0) is 6.42 Å². The molecule has 0 aliphatic carbocycles. The van der Waals surface area contributed by atoms with Crippen molar-refractivity contribution in [1.29, 1.82) is 0 Å². The zero-order valence-electron chi connectivity index (χ0n) is 6.63. The number of phenols is 1. The second kappa shape index (κ2) is 4.77. The van der Waals surface area contributed by atoms with Gasteiger partial charge in [-0.05, 0) is 36.3 Å². The van der Waals surface area contributed by atoms with Gasteiger partial charge >= 0.3 is 0 Å². The van der Waals surface area contributed by atoms with E-state index < -0.39 is 0 Å².